The normalized spacial score (nSPS) is 12.7. The van der Waals surface area contributed by atoms with Gasteiger partial charge >= 0.3 is 6.36 Å². The van der Waals surface area contributed by atoms with Crippen LogP contribution in [0.15, 0.2) is 30.3 Å². The Labute approximate surface area is 73.2 Å². The van der Waals surface area contributed by atoms with Crippen LogP contribution < -0.4 is 5.30 Å². The van der Waals surface area contributed by atoms with Crippen LogP contribution in [0.3, 0.4) is 0 Å². The van der Waals surface area contributed by atoms with Crippen LogP contribution in [0.1, 0.15) is 0 Å². The van der Waals surface area contributed by atoms with Crippen LogP contribution >= 0.6 is 8.03 Å². The third kappa shape index (κ3) is 3.53. The van der Waals surface area contributed by atoms with Gasteiger partial charge in [0.25, 0.3) is 8.03 Å². The molecule has 0 aromatic heterocycles. The minimum Gasteiger partial charge on any atom is -0.250 e. The minimum absolute atomic E-state index is 0.0230. The van der Waals surface area contributed by atoms with Crippen LogP contribution in [0.2, 0.25) is 0 Å². The average Bonchev–Trinajstić information content (AvgIpc) is 2.03. The molecule has 0 saturated heterocycles. The van der Waals surface area contributed by atoms with Crippen molar-refractivity contribution in [3.05, 3.63) is 30.3 Å². The Morgan fingerprint density at radius 1 is 1.15 bits per heavy atom. The first-order chi connectivity index (χ1) is 5.99. The molecule has 1 aromatic rings. The maximum atomic E-state index is 11.6. The summed E-state index contributed by atoms with van der Waals surface area (Å²) in [5.41, 5.74) is 0. The fourth-order valence-corrected chi connectivity index (χ4v) is 1.41. The second kappa shape index (κ2) is 3.85. The highest BCUT2D eigenvalue weighted by atomic mass is 31.1. The lowest BCUT2D eigenvalue weighted by molar-refractivity contribution is -0.271. The van der Waals surface area contributed by atoms with Crippen molar-refractivity contribution in [2.45, 2.75) is 6.36 Å². The first-order valence-corrected chi connectivity index (χ1v) is 4.45. The van der Waals surface area contributed by atoms with E-state index in [2.05, 4.69) is 4.52 Å². The van der Waals surface area contributed by atoms with Gasteiger partial charge in [-0.05, 0) is 12.1 Å². The van der Waals surface area contributed by atoms with Gasteiger partial charge in [-0.1, -0.05) is 18.2 Å². The van der Waals surface area contributed by atoms with Crippen molar-refractivity contribution >= 4 is 13.3 Å². The Kier molecular flexibility index (Phi) is 3.01. The van der Waals surface area contributed by atoms with Gasteiger partial charge < -0.3 is 0 Å². The summed E-state index contributed by atoms with van der Waals surface area (Å²) in [5.74, 6) is 0. The molecule has 2 nitrogen and oxygen atoms in total. The largest absolute Gasteiger partial charge is 0.532 e. The molecule has 0 N–H and O–H groups in total. The van der Waals surface area contributed by atoms with E-state index in [1.165, 1.54) is 24.3 Å². The Morgan fingerprint density at radius 2 is 1.69 bits per heavy atom. The molecule has 0 bridgehead atoms. The van der Waals surface area contributed by atoms with Crippen molar-refractivity contribution < 1.29 is 22.3 Å². The van der Waals surface area contributed by atoms with Gasteiger partial charge in [-0.3, -0.25) is 0 Å². The van der Waals surface area contributed by atoms with Gasteiger partial charge in [0.15, 0.2) is 0 Å². The molecule has 0 amide bonds. The molecular formula is C7H5F3O2P. The van der Waals surface area contributed by atoms with E-state index in [4.69, 9.17) is 0 Å². The lowest BCUT2D eigenvalue weighted by atomic mass is 10.4. The van der Waals surface area contributed by atoms with Gasteiger partial charge in [-0.2, -0.15) is 0 Å². The standard InChI is InChI=1S/C7H5F3O2P/c8-7(9,10)12-13(11)6-4-2-1-3-5-6/h1-5H. The lowest BCUT2D eigenvalue weighted by Gasteiger charge is -2.04. The maximum absolute atomic E-state index is 11.6. The summed E-state index contributed by atoms with van der Waals surface area (Å²) in [6.07, 6.45) is -4.86. The van der Waals surface area contributed by atoms with Crippen LogP contribution in [-0.2, 0) is 9.09 Å². The molecular weight excluding hydrogens is 204 g/mol. The van der Waals surface area contributed by atoms with Gasteiger partial charge in [-0.15, -0.1) is 13.2 Å². The van der Waals surface area contributed by atoms with Gasteiger partial charge in [0.1, 0.15) is 0 Å². The monoisotopic (exact) mass is 209 g/mol. The highest BCUT2D eigenvalue weighted by Gasteiger charge is 2.33. The molecule has 1 unspecified atom stereocenters. The van der Waals surface area contributed by atoms with E-state index in [1.807, 2.05) is 0 Å². The fourth-order valence-electron chi connectivity index (χ4n) is 0.696. The maximum Gasteiger partial charge on any atom is 0.532 e. The summed E-state index contributed by atoms with van der Waals surface area (Å²) in [6.45, 7) is 0. The summed E-state index contributed by atoms with van der Waals surface area (Å²) in [6, 6.07) is 7.21. The van der Waals surface area contributed by atoms with Crippen molar-refractivity contribution in [1.29, 1.82) is 0 Å². The molecule has 0 aliphatic carbocycles. The first kappa shape index (κ1) is 10.2. The molecule has 0 saturated carbocycles. The van der Waals surface area contributed by atoms with E-state index in [0.29, 0.717) is 0 Å². The van der Waals surface area contributed by atoms with Gasteiger partial charge in [0.05, 0.1) is 5.30 Å². The number of halogens is 3. The van der Waals surface area contributed by atoms with Gasteiger partial charge in [-0.25, -0.2) is 9.09 Å². The summed E-state index contributed by atoms with van der Waals surface area (Å²) >= 11 is 0. The zero-order valence-electron chi connectivity index (χ0n) is 6.28. The van der Waals surface area contributed by atoms with E-state index in [0.717, 1.165) is 0 Å². The fraction of sp³-hybridized carbons (Fsp3) is 0.143. The molecule has 0 aliphatic rings. The van der Waals surface area contributed by atoms with Crippen molar-refractivity contribution in [1.82, 2.24) is 0 Å². The summed E-state index contributed by atoms with van der Waals surface area (Å²) < 4.78 is 49.0. The van der Waals surface area contributed by atoms with E-state index >= 15 is 0 Å². The molecule has 1 atom stereocenters. The van der Waals surface area contributed by atoms with Crippen molar-refractivity contribution in [3.63, 3.8) is 0 Å². The van der Waals surface area contributed by atoms with Crippen molar-refractivity contribution in [2.75, 3.05) is 0 Å². The molecule has 1 radical (unpaired) electrons. The Bertz CT molecular complexity index is 296. The topological polar surface area (TPSA) is 26.3 Å². The third-order valence-corrected chi connectivity index (χ3v) is 2.25. The number of rotatable bonds is 2. The molecule has 0 fully saturated rings. The molecule has 1 rings (SSSR count). The van der Waals surface area contributed by atoms with Crippen LogP contribution in [0.4, 0.5) is 13.2 Å². The smallest absolute Gasteiger partial charge is 0.250 e. The predicted molar refractivity (Wildman–Crippen MR) is 40.8 cm³/mol. The highest BCUT2D eigenvalue weighted by Crippen LogP contribution is 2.32. The second-order valence-electron chi connectivity index (χ2n) is 2.13. The van der Waals surface area contributed by atoms with Gasteiger partial charge in [0.2, 0.25) is 0 Å². The Balaban J connectivity index is 2.71. The van der Waals surface area contributed by atoms with Crippen molar-refractivity contribution in [2.24, 2.45) is 0 Å². The van der Waals surface area contributed by atoms with E-state index in [9.17, 15) is 17.7 Å². The summed E-state index contributed by atoms with van der Waals surface area (Å²) in [5, 5.41) is 0.0230. The third-order valence-electron chi connectivity index (χ3n) is 1.15. The van der Waals surface area contributed by atoms with Crippen LogP contribution in [0.5, 0.6) is 0 Å². The number of hydrogen-bond acceptors (Lipinski definition) is 2. The van der Waals surface area contributed by atoms with Crippen LogP contribution in [-0.4, -0.2) is 6.36 Å². The molecule has 0 spiro atoms. The van der Waals surface area contributed by atoms with Crippen LogP contribution in [0, 0.1) is 0 Å². The second-order valence-corrected chi connectivity index (χ2v) is 3.34. The van der Waals surface area contributed by atoms with Crippen molar-refractivity contribution in [3.8, 4) is 0 Å². The number of alkyl halides is 3. The molecule has 0 aliphatic heterocycles. The quantitative estimate of drug-likeness (QED) is 0.699. The van der Waals surface area contributed by atoms with Crippen LogP contribution in [0.25, 0.3) is 0 Å². The van der Waals surface area contributed by atoms with E-state index in [-0.39, 0.29) is 5.30 Å². The van der Waals surface area contributed by atoms with E-state index in [1.54, 1.807) is 6.07 Å². The average molecular weight is 209 g/mol. The zero-order valence-corrected chi connectivity index (χ0v) is 7.18. The number of hydrogen-bond donors (Lipinski definition) is 0. The first-order valence-electron chi connectivity index (χ1n) is 3.27. The lowest BCUT2D eigenvalue weighted by Crippen LogP contribution is -2.11. The molecule has 1 aromatic carbocycles. The SMILES string of the molecule is O=[P](OC(F)(F)F)c1ccccc1. The number of benzene rings is 1. The summed E-state index contributed by atoms with van der Waals surface area (Å²) in [7, 11) is -2.84. The minimum atomic E-state index is -4.86. The zero-order chi connectivity index (χ0) is 9.90. The molecule has 6 heteroatoms. The van der Waals surface area contributed by atoms with E-state index < -0.39 is 14.4 Å². The Hall–Kier alpha value is -0.930. The Morgan fingerprint density at radius 3 is 2.15 bits per heavy atom. The highest BCUT2D eigenvalue weighted by molar-refractivity contribution is 7.48. The van der Waals surface area contributed by atoms with Gasteiger partial charge in [0, 0.05) is 0 Å². The summed E-state index contributed by atoms with van der Waals surface area (Å²) in [4.78, 5) is 0. The predicted octanol–water partition coefficient (Wildman–Crippen LogP) is 2.59. The molecule has 13 heavy (non-hydrogen) atoms. The molecule has 71 valence electrons. The molecule has 0 heterocycles.